The predicted molar refractivity (Wildman–Crippen MR) is 101 cm³/mol. The smallest absolute Gasteiger partial charge is 0.417 e. The van der Waals surface area contributed by atoms with Gasteiger partial charge >= 0.3 is 12.1 Å². The molecule has 0 aromatic heterocycles. The van der Waals surface area contributed by atoms with Gasteiger partial charge in [0.05, 0.1) is 18.6 Å². The molecule has 0 N–H and O–H groups in total. The molecule has 1 aliphatic heterocycles. The molecule has 1 aliphatic rings. The van der Waals surface area contributed by atoms with Crippen molar-refractivity contribution < 1.29 is 41.0 Å². The van der Waals surface area contributed by atoms with Gasteiger partial charge in [0.1, 0.15) is 0 Å². The third kappa shape index (κ3) is 4.08. The molecule has 2 aromatic rings. The minimum Gasteiger partial charge on any atom is -0.493 e. The van der Waals surface area contributed by atoms with Crippen molar-refractivity contribution in [1.82, 2.24) is 0 Å². The number of alkyl halides is 3. The highest BCUT2D eigenvalue weighted by Gasteiger charge is 2.65. The average Bonchev–Trinajstić information content (AvgIpc) is 2.95. The molecule has 1 saturated heterocycles. The van der Waals surface area contributed by atoms with Gasteiger partial charge in [0.2, 0.25) is 12.1 Å². The lowest BCUT2D eigenvalue weighted by atomic mass is 9.79. The van der Waals surface area contributed by atoms with Crippen LogP contribution in [0, 0.1) is 17.6 Å². The Bertz CT molecular complexity index is 979. The molecule has 0 saturated carbocycles. The molecule has 4 atom stereocenters. The zero-order chi connectivity index (χ0) is 23.1. The van der Waals surface area contributed by atoms with Crippen molar-refractivity contribution in [3.05, 3.63) is 64.2 Å². The van der Waals surface area contributed by atoms with Gasteiger partial charge in [-0.25, -0.2) is 9.18 Å². The van der Waals surface area contributed by atoms with E-state index in [0.29, 0.717) is 5.02 Å². The van der Waals surface area contributed by atoms with Crippen LogP contribution in [0.4, 0.5) is 22.0 Å². The Morgan fingerprint density at radius 2 is 1.74 bits per heavy atom. The highest BCUT2D eigenvalue weighted by Crippen LogP contribution is 2.55. The van der Waals surface area contributed by atoms with Gasteiger partial charge < -0.3 is 14.2 Å². The molecule has 31 heavy (non-hydrogen) atoms. The summed E-state index contributed by atoms with van der Waals surface area (Å²) < 4.78 is 84.9. The first-order chi connectivity index (χ1) is 14.4. The molecule has 0 unspecified atom stereocenters. The van der Waals surface area contributed by atoms with E-state index < -0.39 is 53.3 Å². The predicted octanol–water partition coefficient (Wildman–Crippen LogP) is 5.88. The summed E-state index contributed by atoms with van der Waals surface area (Å²) in [6.07, 6.45) is -6.58. The summed E-state index contributed by atoms with van der Waals surface area (Å²) in [4.78, 5) is 12.5. The lowest BCUT2D eigenvalue weighted by Crippen LogP contribution is -2.47. The fourth-order valence-corrected chi connectivity index (χ4v) is 3.74. The van der Waals surface area contributed by atoms with Crippen LogP contribution in [0.1, 0.15) is 35.7 Å². The number of carbonyl (C=O) groups is 1. The van der Waals surface area contributed by atoms with Gasteiger partial charge in [-0.2, -0.15) is 17.6 Å². The summed E-state index contributed by atoms with van der Waals surface area (Å²) in [6.45, 7) is 2.04. The number of hydrogen-bond acceptors (Lipinski definition) is 4. The normalized spacial score (nSPS) is 26.0. The fourth-order valence-electron chi connectivity index (χ4n) is 3.61. The maximum atomic E-state index is 14.3. The van der Waals surface area contributed by atoms with Crippen molar-refractivity contribution in [2.24, 2.45) is 5.92 Å². The van der Waals surface area contributed by atoms with Gasteiger partial charge in [-0.3, -0.25) is 0 Å². The van der Waals surface area contributed by atoms with Crippen molar-refractivity contribution in [3.8, 4) is 5.75 Å². The quantitative estimate of drug-likeness (QED) is 0.418. The van der Waals surface area contributed by atoms with E-state index in [-0.39, 0.29) is 11.1 Å². The molecule has 168 valence electrons. The Morgan fingerprint density at radius 1 is 1.13 bits per heavy atom. The van der Waals surface area contributed by atoms with Gasteiger partial charge in [-0.15, -0.1) is 0 Å². The molecule has 0 radical (unpaired) electrons. The number of benzene rings is 2. The zero-order valence-electron chi connectivity index (χ0n) is 16.6. The Morgan fingerprint density at radius 3 is 2.29 bits per heavy atom. The van der Waals surface area contributed by atoms with Crippen LogP contribution in [0.15, 0.2) is 36.4 Å². The van der Waals surface area contributed by atoms with Gasteiger partial charge in [-0.05, 0) is 37.3 Å². The van der Waals surface area contributed by atoms with Crippen LogP contribution in [0.2, 0.25) is 5.02 Å². The molecule has 2 aromatic carbocycles. The van der Waals surface area contributed by atoms with Crippen molar-refractivity contribution >= 4 is 17.6 Å². The second kappa shape index (κ2) is 8.27. The lowest BCUT2D eigenvalue weighted by Gasteiger charge is -2.31. The maximum absolute atomic E-state index is 14.3. The molecule has 1 heterocycles. The fraction of sp³-hybridized carbons (Fsp3) is 0.381. The van der Waals surface area contributed by atoms with Gasteiger partial charge in [0, 0.05) is 16.5 Å². The minimum absolute atomic E-state index is 0.0252. The molecule has 3 rings (SSSR count). The number of halogens is 6. The Labute approximate surface area is 179 Å². The topological polar surface area (TPSA) is 44.8 Å². The van der Waals surface area contributed by atoms with Crippen LogP contribution >= 0.6 is 11.6 Å². The van der Waals surface area contributed by atoms with E-state index in [1.54, 1.807) is 0 Å². The molecule has 10 heteroatoms. The third-order valence-corrected chi connectivity index (χ3v) is 5.82. The van der Waals surface area contributed by atoms with E-state index in [1.807, 2.05) is 0 Å². The largest absolute Gasteiger partial charge is 0.493 e. The Kier molecular flexibility index (Phi) is 6.21. The van der Waals surface area contributed by atoms with Crippen molar-refractivity contribution in [3.63, 3.8) is 0 Å². The highest BCUT2D eigenvalue weighted by atomic mass is 35.5. The standard InChI is InChI=1S/C21H18ClF5O4/c1-10-15(13-8-9-14(23)16(24)17(13)29-3)19(31-20(10,2)21(25,26)27)30-18(28)11-4-6-12(22)7-5-11/h4-10,15,19H,1-3H3/t10-,15-,19+,20+/m0/s1. The average molecular weight is 465 g/mol. The summed E-state index contributed by atoms with van der Waals surface area (Å²) in [6, 6.07) is 7.34. The van der Waals surface area contributed by atoms with E-state index >= 15 is 0 Å². The summed E-state index contributed by atoms with van der Waals surface area (Å²) in [7, 11) is 1.06. The molecular formula is C21H18ClF5O4. The number of rotatable bonds is 4. The van der Waals surface area contributed by atoms with Gasteiger partial charge in [0.25, 0.3) is 0 Å². The first kappa shape index (κ1) is 23.3. The second-order valence-electron chi connectivity index (χ2n) is 7.30. The number of esters is 1. The molecule has 0 aliphatic carbocycles. The first-order valence-corrected chi connectivity index (χ1v) is 9.51. The summed E-state index contributed by atoms with van der Waals surface area (Å²) in [5, 5.41) is 0.344. The van der Waals surface area contributed by atoms with Crippen LogP contribution in [-0.2, 0) is 9.47 Å². The van der Waals surface area contributed by atoms with Crippen molar-refractivity contribution in [1.29, 1.82) is 0 Å². The van der Waals surface area contributed by atoms with Crippen LogP contribution in [0.5, 0.6) is 5.75 Å². The second-order valence-corrected chi connectivity index (χ2v) is 7.74. The SMILES string of the molecule is COc1c([C@H]2[C@H](OC(=O)c3ccc(Cl)cc3)O[C@@](C)(C(F)(F)F)[C@H]2C)ccc(F)c1F. The zero-order valence-corrected chi connectivity index (χ0v) is 17.4. The van der Waals surface area contributed by atoms with Crippen LogP contribution < -0.4 is 4.74 Å². The summed E-state index contributed by atoms with van der Waals surface area (Å²) in [5.41, 5.74) is -2.81. The summed E-state index contributed by atoms with van der Waals surface area (Å²) in [5.74, 6) is -6.79. The molecule has 0 bridgehead atoms. The molecule has 4 nitrogen and oxygen atoms in total. The maximum Gasteiger partial charge on any atom is 0.417 e. The monoisotopic (exact) mass is 464 g/mol. The van der Waals surface area contributed by atoms with Gasteiger partial charge in [0.15, 0.2) is 17.2 Å². The molecule has 0 amide bonds. The molecule has 0 spiro atoms. The van der Waals surface area contributed by atoms with Crippen LogP contribution in [0.25, 0.3) is 0 Å². The van der Waals surface area contributed by atoms with E-state index in [4.69, 9.17) is 25.8 Å². The Hall–Kier alpha value is -2.39. The number of hydrogen-bond donors (Lipinski definition) is 0. The summed E-state index contributed by atoms with van der Waals surface area (Å²) >= 11 is 5.78. The minimum atomic E-state index is -4.84. The third-order valence-electron chi connectivity index (χ3n) is 5.57. The van der Waals surface area contributed by atoms with E-state index in [1.165, 1.54) is 31.2 Å². The number of methoxy groups -OCH3 is 1. The number of carbonyl (C=O) groups excluding carboxylic acids is 1. The molecule has 1 fully saturated rings. The number of ether oxygens (including phenoxy) is 3. The van der Waals surface area contributed by atoms with Crippen LogP contribution in [0.3, 0.4) is 0 Å². The molecular weight excluding hydrogens is 447 g/mol. The van der Waals surface area contributed by atoms with Crippen LogP contribution in [-0.4, -0.2) is 31.1 Å². The van der Waals surface area contributed by atoms with Crippen molar-refractivity contribution in [2.45, 2.75) is 37.8 Å². The van der Waals surface area contributed by atoms with E-state index in [2.05, 4.69) is 0 Å². The highest BCUT2D eigenvalue weighted by molar-refractivity contribution is 6.30. The van der Waals surface area contributed by atoms with Gasteiger partial charge in [-0.1, -0.05) is 24.6 Å². The van der Waals surface area contributed by atoms with Crippen molar-refractivity contribution in [2.75, 3.05) is 7.11 Å². The van der Waals surface area contributed by atoms with E-state index in [0.717, 1.165) is 26.2 Å². The Balaban J connectivity index is 2.06. The lowest BCUT2D eigenvalue weighted by molar-refractivity contribution is -0.291. The first-order valence-electron chi connectivity index (χ1n) is 9.13. The van der Waals surface area contributed by atoms with E-state index in [9.17, 15) is 26.7 Å².